The lowest BCUT2D eigenvalue weighted by molar-refractivity contribution is 0.145. The number of methoxy groups -OCH3 is 1. The van der Waals surface area contributed by atoms with Crippen molar-refractivity contribution in [3.8, 4) is 5.75 Å². The first-order chi connectivity index (χ1) is 13.5. The van der Waals surface area contributed by atoms with Gasteiger partial charge in [0.2, 0.25) is 0 Å². The molecule has 0 saturated carbocycles. The van der Waals surface area contributed by atoms with Gasteiger partial charge < -0.3 is 24.6 Å². The van der Waals surface area contributed by atoms with Gasteiger partial charge in [-0.1, -0.05) is 17.3 Å². The lowest BCUT2D eigenvalue weighted by Crippen LogP contribution is -2.37. The van der Waals surface area contributed by atoms with E-state index in [-0.39, 0.29) is 0 Å². The summed E-state index contributed by atoms with van der Waals surface area (Å²) in [6, 6.07) is 6.21. The summed E-state index contributed by atoms with van der Waals surface area (Å²) < 4.78 is 16.1. The van der Waals surface area contributed by atoms with Crippen molar-refractivity contribution in [1.29, 1.82) is 0 Å². The number of aliphatic imine (C=N–C) groups is 1. The van der Waals surface area contributed by atoms with Gasteiger partial charge in [0.05, 0.1) is 12.3 Å². The van der Waals surface area contributed by atoms with E-state index in [1.54, 1.807) is 14.2 Å². The Morgan fingerprint density at radius 3 is 2.68 bits per heavy atom. The standard InChI is InChI=1S/C21H32N4O3/c1-15-8-9-18(20(13-15)27-12-11-26-5)14-24-21(22-4)23-10-6-7-19-16(2)25-28-17(19)3/h8-9,13H,6-7,10-12,14H2,1-5H3,(H2,22,23,24). The molecule has 2 rings (SSSR count). The summed E-state index contributed by atoms with van der Waals surface area (Å²) in [7, 11) is 3.44. The van der Waals surface area contributed by atoms with Gasteiger partial charge in [0.15, 0.2) is 5.96 Å². The Bertz CT molecular complexity index is 752. The SMILES string of the molecule is CN=C(NCCCc1c(C)noc1C)NCc1ccc(C)cc1OCCOC. The van der Waals surface area contributed by atoms with Crippen LogP contribution in [-0.2, 0) is 17.7 Å². The molecule has 1 aromatic carbocycles. The molecule has 7 nitrogen and oxygen atoms in total. The van der Waals surface area contributed by atoms with Crippen molar-refractivity contribution in [3.05, 3.63) is 46.3 Å². The van der Waals surface area contributed by atoms with Crippen LogP contribution in [-0.4, -0.2) is 45.0 Å². The number of nitrogens with zero attached hydrogens (tertiary/aromatic N) is 2. The molecular weight excluding hydrogens is 356 g/mol. The molecule has 2 aromatic rings. The van der Waals surface area contributed by atoms with E-state index < -0.39 is 0 Å². The van der Waals surface area contributed by atoms with Gasteiger partial charge in [0.1, 0.15) is 18.1 Å². The second-order valence-electron chi connectivity index (χ2n) is 6.71. The maximum Gasteiger partial charge on any atom is 0.191 e. The van der Waals surface area contributed by atoms with Crippen LogP contribution in [0.2, 0.25) is 0 Å². The Morgan fingerprint density at radius 1 is 1.18 bits per heavy atom. The molecular formula is C21H32N4O3. The van der Waals surface area contributed by atoms with Crippen LogP contribution in [0.15, 0.2) is 27.7 Å². The summed E-state index contributed by atoms with van der Waals surface area (Å²) in [5, 5.41) is 10.7. The molecule has 0 bridgehead atoms. The van der Waals surface area contributed by atoms with Crippen LogP contribution < -0.4 is 15.4 Å². The summed E-state index contributed by atoms with van der Waals surface area (Å²) in [4.78, 5) is 4.30. The second kappa shape index (κ2) is 11.3. The van der Waals surface area contributed by atoms with Gasteiger partial charge >= 0.3 is 0 Å². The first-order valence-corrected chi connectivity index (χ1v) is 9.62. The van der Waals surface area contributed by atoms with Crippen molar-refractivity contribution >= 4 is 5.96 Å². The van der Waals surface area contributed by atoms with Crippen molar-refractivity contribution < 1.29 is 14.0 Å². The smallest absolute Gasteiger partial charge is 0.191 e. The number of nitrogens with one attached hydrogen (secondary N) is 2. The fraction of sp³-hybridized carbons (Fsp3) is 0.524. The predicted molar refractivity (Wildman–Crippen MR) is 111 cm³/mol. The fourth-order valence-electron chi connectivity index (χ4n) is 2.91. The molecule has 0 saturated heterocycles. The molecule has 0 radical (unpaired) electrons. The molecule has 1 heterocycles. The Labute approximate surface area is 167 Å². The molecule has 0 unspecified atom stereocenters. The number of rotatable bonds is 10. The quantitative estimate of drug-likeness (QED) is 0.370. The van der Waals surface area contributed by atoms with E-state index in [4.69, 9.17) is 14.0 Å². The maximum atomic E-state index is 5.85. The molecule has 0 amide bonds. The minimum Gasteiger partial charge on any atom is -0.491 e. The van der Waals surface area contributed by atoms with Gasteiger partial charge in [-0.25, -0.2) is 0 Å². The van der Waals surface area contributed by atoms with Crippen LogP contribution in [0.4, 0.5) is 0 Å². The molecule has 0 aliphatic heterocycles. The molecule has 1 aromatic heterocycles. The maximum absolute atomic E-state index is 5.85. The average Bonchev–Trinajstić information content (AvgIpc) is 3.00. The van der Waals surface area contributed by atoms with Gasteiger partial charge in [-0.15, -0.1) is 0 Å². The zero-order chi connectivity index (χ0) is 20.4. The van der Waals surface area contributed by atoms with Crippen molar-refractivity contribution in [2.24, 2.45) is 4.99 Å². The monoisotopic (exact) mass is 388 g/mol. The number of benzene rings is 1. The summed E-state index contributed by atoms with van der Waals surface area (Å²) >= 11 is 0. The minimum absolute atomic E-state index is 0.529. The average molecular weight is 389 g/mol. The van der Waals surface area contributed by atoms with E-state index in [0.29, 0.717) is 19.8 Å². The number of aryl methyl sites for hydroxylation is 3. The molecule has 0 aliphatic carbocycles. The van der Waals surface area contributed by atoms with E-state index in [1.165, 1.54) is 5.56 Å². The summed E-state index contributed by atoms with van der Waals surface area (Å²) in [5.74, 6) is 2.54. The van der Waals surface area contributed by atoms with E-state index in [9.17, 15) is 0 Å². The molecule has 0 aliphatic rings. The van der Waals surface area contributed by atoms with E-state index in [1.807, 2.05) is 19.9 Å². The lowest BCUT2D eigenvalue weighted by Gasteiger charge is -2.15. The first kappa shape index (κ1) is 21.8. The van der Waals surface area contributed by atoms with Gasteiger partial charge in [0.25, 0.3) is 0 Å². The van der Waals surface area contributed by atoms with Crippen LogP contribution in [0.25, 0.3) is 0 Å². The lowest BCUT2D eigenvalue weighted by atomic mass is 10.1. The van der Waals surface area contributed by atoms with Gasteiger partial charge in [-0.3, -0.25) is 4.99 Å². The van der Waals surface area contributed by atoms with E-state index >= 15 is 0 Å². The Morgan fingerprint density at radius 2 is 2.00 bits per heavy atom. The van der Waals surface area contributed by atoms with Crippen LogP contribution in [0.1, 0.15) is 34.6 Å². The van der Waals surface area contributed by atoms with Crippen LogP contribution >= 0.6 is 0 Å². The highest BCUT2D eigenvalue weighted by Gasteiger charge is 2.09. The third-order valence-corrected chi connectivity index (χ3v) is 4.51. The van der Waals surface area contributed by atoms with Gasteiger partial charge in [-0.2, -0.15) is 0 Å². The molecule has 2 N–H and O–H groups in total. The molecule has 0 spiro atoms. The molecule has 0 fully saturated rings. The van der Waals surface area contributed by atoms with Gasteiger partial charge in [0, 0.05) is 38.4 Å². The predicted octanol–water partition coefficient (Wildman–Crippen LogP) is 2.92. The summed E-state index contributed by atoms with van der Waals surface area (Å²) in [6.45, 7) is 8.53. The number of ether oxygens (including phenoxy) is 2. The third kappa shape index (κ3) is 6.56. The highest BCUT2D eigenvalue weighted by Crippen LogP contribution is 2.20. The minimum atomic E-state index is 0.529. The van der Waals surface area contributed by atoms with Crippen molar-refractivity contribution in [2.45, 2.75) is 40.2 Å². The molecule has 0 atom stereocenters. The van der Waals surface area contributed by atoms with Crippen molar-refractivity contribution in [2.75, 3.05) is 33.9 Å². The van der Waals surface area contributed by atoms with Crippen LogP contribution in [0.3, 0.4) is 0 Å². The summed E-state index contributed by atoms with van der Waals surface area (Å²) in [5.41, 5.74) is 4.42. The first-order valence-electron chi connectivity index (χ1n) is 9.62. The highest BCUT2D eigenvalue weighted by atomic mass is 16.5. The number of aromatic nitrogens is 1. The molecule has 7 heteroatoms. The van der Waals surface area contributed by atoms with Gasteiger partial charge in [-0.05, 0) is 45.2 Å². The normalized spacial score (nSPS) is 11.5. The summed E-state index contributed by atoms with van der Waals surface area (Å²) in [6.07, 6.45) is 1.90. The zero-order valence-corrected chi connectivity index (χ0v) is 17.6. The Balaban J connectivity index is 1.81. The van der Waals surface area contributed by atoms with Crippen LogP contribution in [0, 0.1) is 20.8 Å². The topological polar surface area (TPSA) is 80.9 Å². The largest absolute Gasteiger partial charge is 0.491 e. The zero-order valence-electron chi connectivity index (χ0n) is 17.6. The number of hydrogen-bond donors (Lipinski definition) is 2. The third-order valence-electron chi connectivity index (χ3n) is 4.51. The fourth-order valence-corrected chi connectivity index (χ4v) is 2.91. The molecule has 28 heavy (non-hydrogen) atoms. The number of guanidine groups is 1. The Kier molecular flexibility index (Phi) is 8.81. The van der Waals surface area contributed by atoms with E-state index in [0.717, 1.165) is 53.7 Å². The number of hydrogen-bond acceptors (Lipinski definition) is 5. The van der Waals surface area contributed by atoms with Crippen LogP contribution in [0.5, 0.6) is 5.75 Å². The highest BCUT2D eigenvalue weighted by molar-refractivity contribution is 5.79. The second-order valence-corrected chi connectivity index (χ2v) is 6.71. The Hall–Kier alpha value is -2.54. The van der Waals surface area contributed by atoms with Crippen molar-refractivity contribution in [1.82, 2.24) is 15.8 Å². The molecule has 154 valence electrons. The van der Waals surface area contributed by atoms with Crippen molar-refractivity contribution in [3.63, 3.8) is 0 Å². The van der Waals surface area contributed by atoms with E-state index in [2.05, 4.69) is 39.8 Å².